The normalized spacial score (nSPS) is 14.0. The van der Waals surface area contributed by atoms with Crippen molar-refractivity contribution in [2.45, 2.75) is 35.5 Å². The van der Waals surface area contributed by atoms with Crippen molar-refractivity contribution in [2.75, 3.05) is 0 Å². The van der Waals surface area contributed by atoms with Gasteiger partial charge in [0.25, 0.3) is 0 Å². The smallest absolute Gasteiger partial charge is 0.359 e. The highest BCUT2D eigenvalue weighted by Gasteiger charge is 2.41. The van der Waals surface area contributed by atoms with E-state index >= 15 is 0 Å². The van der Waals surface area contributed by atoms with Crippen LogP contribution < -0.4 is 0 Å². The van der Waals surface area contributed by atoms with Crippen LogP contribution in [0.1, 0.15) is 16.7 Å². The average molecular weight is 493 g/mol. The van der Waals surface area contributed by atoms with E-state index in [1.165, 1.54) is 0 Å². The maximum atomic E-state index is 12.7. The Kier molecular flexibility index (Phi) is 8.89. The summed E-state index contributed by atoms with van der Waals surface area (Å²) in [5.41, 5.74) is 3.01. The Morgan fingerprint density at radius 3 is 0.935 bits per heavy atom. The fourth-order valence-electron chi connectivity index (χ4n) is 2.38. The van der Waals surface area contributed by atoms with Gasteiger partial charge in [-0.15, -0.1) is 0 Å². The van der Waals surface area contributed by atoms with Crippen LogP contribution in [-0.2, 0) is 42.9 Å². The molecule has 0 aliphatic carbocycles. The molecule has 3 aromatic carbocycles. The summed E-state index contributed by atoms with van der Waals surface area (Å²) in [7, 11) is 0. The number of aryl methyl sites for hydroxylation is 3. The molecule has 0 fully saturated rings. The summed E-state index contributed by atoms with van der Waals surface area (Å²) in [4.78, 5) is 1.20. The van der Waals surface area contributed by atoms with E-state index in [0.717, 1.165) is 16.7 Å². The fraction of sp³-hybridized carbons (Fsp3) is 0.143. The van der Waals surface area contributed by atoms with E-state index in [2.05, 4.69) is 0 Å². The Labute approximate surface area is 194 Å². The highest BCUT2D eigenvalue weighted by molar-refractivity contribution is 7.84. The van der Waals surface area contributed by atoms with Crippen LogP contribution in [0.15, 0.2) is 87.5 Å². The van der Waals surface area contributed by atoms with E-state index < -0.39 is 48.4 Å². The van der Waals surface area contributed by atoms with Crippen LogP contribution in [-0.4, -0.2) is 27.8 Å². The predicted molar refractivity (Wildman–Crippen MR) is 122 cm³/mol. The molecule has 0 radical (unpaired) electrons. The highest BCUT2D eigenvalue weighted by Crippen LogP contribution is 2.17. The molecule has 3 rings (SSSR count). The van der Waals surface area contributed by atoms with Crippen molar-refractivity contribution in [2.24, 2.45) is 0 Å². The van der Waals surface area contributed by atoms with E-state index in [1.54, 1.807) is 72.8 Å². The molecule has 0 aliphatic rings. The molecule has 31 heavy (non-hydrogen) atoms. The maximum absolute atomic E-state index is 12.7. The lowest BCUT2D eigenvalue weighted by atomic mass is 10.2. The van der Waals surface area contributed by atoms with Crippen molar-refractivity contribution in [3.63, 3.8) is 0 Å². The van der Waals surface area contributed by atoms with E-state index in [0.29, 0.717) is 14.7 Å². The van der Waals surface area contributed by atoms with Gasteiger partial charge in [0, 0.05) is 0 Å². The molecular weight excluding hydrogens is 471 g/mol. The molecular formula is C21H21AlO6S3. The summed E-state index contributed by atoms with van der Waals surface area (Å²) in [5.74, 6) is 0. The lowest BCUT2D eigenvalue weighted by molar-refractivity contribution is 0.346. The third kappa shape index (κ3) is 7.27. The summed E-state index contributed by atoms with van der Waals surface area (Å²) < 4.78 is 54.4. The summed E-state index contributed by atoms with van der Waals surface area (Å²) in [5, 5.41) is 0. The van der Waals surface area contributed by atoms with Gasteiger partial charge in [0.2, 0.25) is 0 Å². The molecule has 0 heterocycles. The van der Waals surface area contributed by atoms with Crippen molar-refractivity contribution in [1.82, 2.24) is 0 Å². The van der Waals surface area contributed by atoms with Crippen molar-refractivity contribution in [3.8, 4) is 0 Å². The standard InChI is InChI=1S/3C7H8O2S.Al/c3*1-6-2-4-7(5-3-6)10(8)9;/h3*2-5H,1H3,(H,8,9);/q;;;+3/p-3. The number of rotatable bonds is 9. The van der Waals surface area contributed by atoms with E-state index in [9.17, 15) is 12.6 Å². The summed E-state index contributed by atoms with van der Waals surface area (Å²) >= 11 is -9.15. The second-order valence-electron chi connectivity index (χ2n) is 6.72. The zero-order valence-corrected chi connectivity index (χ0v) is 20.8. The van der Waals surface area contributed by atoms with E-state index in [1.807, 2.05) is 20.8 Å². The quantitative estimate of drug-likeness (QED) is 0.418. The second kappa shape index (κ2) is 11.4. The molecule has 3 unspecified atom stereocenters. The lowest BCUT2D eigenvalue weighted by Crippen LogP contribution is -2.30. The SMILES string of the molecule is Cc1ccc(S(=O)[O][Al]([O]S(=O)c2ccc(C)cc2)[O]S(=O)c2ccc(C)cc2)cc1. The van der Waals surface area contributed by atoms with Crippen LogP contribution in [0.4, 0.5) is 0 Å². The van der Waals surface area contributed by atoms with Crippen molar-refractivity contribution < 1.29 is 22.3 Å². The Morgan fingerprint density at radius 2 is 0.710 bits per heavy atom. The first kappa shape index (κ1) is 24.2. The van der Waals surface area contributed by atoms with Crippen molar-refractivity contribution in [1.29, 1.82) is 0 Å². The molecule has 0 spiro atoms. The lowest BCUT2D eigenvalue weighted by Gasteiger charge is -2.12. The first-order valence-corrected chi connectivity index (χ1v) is 13.9. The molecule has 0 N–H and O–H groups in total. The highest BCUT2D eigenvalue weighted by atomic mass is 32.2. The topological polar surface area (TPSA) is 78.9 Å². The van der Waals surface area contributed by atoms with Gasteiger partial charge in [-0.3, -0.25) is 0 Å². The fourth-order valence-corrected chi connectivity index (χ4v) is 7.75. The number of hydrogen-bond donors (Lipinski definition) is 0. The number of benzene rings is 3. The van der Waals surface area contributed by atoms with E-state index in [-0.39, 0.29) is 0 Å². The second-order valence-corrected chi connectivity index (χ2v) is 12.4. The summed E-state index contributed by atoms with van der Waals surface area (Å²) in [6.07, 6.45) is 0. The van der Waals surface area contributed by atoms with Crippen LogP contribution in [0.5, 0.6) is 0 Å². The predicted octanol–water partition coefficient (Wildman–Crippen LogP) is 4.11. The van der Waals surface area contributed by atoms with Crippen LogP contribution in [0.25, 0.3) is 0 Å². The largest absolute Gasteiger partial charge is 0.947 e. The molecule has 10 heteroatoms. The molecule has 0 amide bonds. The monoisotopic (exact) mass is 492 g/mol. The Hall–Kier alpha value is -1.48. The van der Waals surface area contributed by atoms with Gasteiger partial charge in [0.1, 0.15) is 0 Å². The molecule has 0 bridgehead atoms. The van der Waals surface area contributed by atoms with Gasteiger partial charge in [-0.25, -0.2) is 12.6 Å². The molecule has 162 valence electrons. The maximum Gasteiger partial charge on any atom is 0.947 e. The van der Waals surface area contributed by atoms with Gasteiger partial charge in [0.05, 0.1) is 14.7 Å². The molecule has 3 aromatic rings. The molecule has 0 saturated heterocycles. The van der Waals surface area contributed by atoms with Crippen LogP contribution in [0.2, 0.25) is 0 Å². The van der Waals surface area contributed by atoms with Gasteiger partial charge in [-0.1, -0.05) is 53.1 Å². The number of hydrogen-bond acceptors (Lipinski definition) is 6. The Balaban J connectivity index is 1.78. The molecule has 3 atom stereocenters. The minimum absolute atomic E-state index is 0.400. The van der Waals surface area contributed by atoms with Crippen LogP contribution >= 0.6 is 0 Å². The third-order valence-corrected chi connectivity index (χ3v) is 10.1. The van der Waals surface area contributed by atoms with Crippen molar-refractivity contribution >= 4 is 48.4 Å². The summed E-state index contributed by atoms with van der Waals surface area (Å²) in [6.45, 7) is 5.73. The Bertz CT molecular complexity index is 944. The van der Waals surface area contributed by atoms with Gasteiger partial charge in [-0.05, 0) is 57.2 Å². The molecule has 0 aromatic heterocycles. The third-order valence-electron chi connectivity index (χ3n) is 4.14. The zero-order valence-electron chi connectivity index (χ0n) is 17.2. The van der Waals surface area contributed by atoms with Crippen LogP contribution in [0, 0.1) is 20.8 Å². The minimum Gasteiger partial charge on any atom is -0.359 e. The molecule has 0 saturated carbocycles. The zero-order chi connectivity index (χ0) is 22.4. The van der Waals surface area contributed by atoms with Gasteiger partial charge < -0.3 is 9.70 Å². The molecule has 0 aliphatic heterocycles. The van der Waals surface area contributed by atoms with Gasteiger partial charge in [-0.2, -0.15) is 0 Å². The van der Waals surface area contributed by atoms with Crippen LogP contribution in [0.3, 0.4) is 0 Å². The van der Waals surface area contributed by atoms with Gasteiger partial charge in [0.15, 0.2) is 33.2 Å². The van der Waals surface area contributed by atoms with Crippen molar-refractivity contribution in [3.05, 3.63) is 89.5 Å². The minimum atomic E-state index is -3.35. The summed E-state index contributed by atoms with van der Waals surface area (Å²) in [6, 6.07) is 20.7. The Morgan fingerprint density at radius 1 is 0.484 bits per heavy atom. The first-order chi connectivity index (χ1) is 14.8. The van der Waals surface area contributed by atoms with E-state index in [4.69, 9.17) is 9.70 Å². The first-order valence-electron chi connectivity index (χ1n) is 9.28. The molecule has 6 nitrogen and oxygen atoms in total. The van der Waals surface area contributed by atoms with Gasteiger partial charge >= 0.3 is 15.1 Å². The average Bonchev–Trinajstić information content (AvgIpc) is 2.75.